The van der Waals surface area contributed by atoms with E-state index in [1.807, 2.05) is 0 Å². The van der Waals surface area contributed by atoms with E-state index in [1.165, 1.54) is 6.92 Å². The van der Waals surface area contributed by atoms with Crippen molar-refractivity contribution in [2.75, 3.05) is 0 Å². The van der Waals surface area contributed by atoms with Crippen molar-refractivity contribution in [3.63, 3.8) is 0 Å². The molecule has 13 heavy (non-hydrogen) atoms. The van der Waals surface area contributed by atoms with Crippen molar-refractivity contribution in [1.29, 1.82) is 0 Å². The molecule has 5 nitrogen and oxygen atoms in total. The van der Waals surface area contributed by atoms with Gasteiger partial charge in [0.05, 0.1) is 0 Å². The van der Waals surface area contributed by atoms with E-state index < -0.39 is 21.5 Å². The van der Waals surface area contributed by atoms with Gasteiger partial charge in [-0.05, 0) is 6.42 Å². The number of hydrogen-bond acceptors (Lipinski definition) is 5. The molecule has 7 heteroatoms. The Morgan fingerprint density at radius 1 is 1.69 bits per heavy atom. The van der Waals surface area contributed by atoms with E-state index in [4.69, 9.17) is 0 Å². The number of ether oxygens (including phenoxy) is 1. The number of hydrogen-bond donors (Lipinski definition) is 0. The van der Waals surface area contributed by atoms with Crippen molar-refractivity contribution in [3.8, 4) is 0 Å². The molecule has 70 valence electrons. The second kappa shape index (κ2) is 7.10. The van der Waals surface area contributed by atoms with Crippen LogP contribution in [-0.4, -0.2) is 24.4 Å². The fourth-order valence-corrected chi connectivity index (χ4v) is 1.14. The van der Waals surface area contributed by atoms with Crippen molar-refractivity contribution in [2.45, 2.75) is 18.8 Å². The van der Waals surface area contributed by atoms with Crippen molar-refractivity contribution in [2.24, 2.45) is 0 Å². The Kier molecular flexibility index (Phi) is 8.85. The van der Waals surface area contributed by atoms with E-state index >= 15 is 0 Å². The van der Waals surface area contributed by atoms with Crippen LogP contribution in [0.4, 0.5) is 0 Å². The molecule has 0 aromatic rings. The van der Waals surface area contributed by atoms with E-state index in [0.717, 1.165) is 6.08 Å². The van der Waals surface area contributed by atoms with Crippen molar-refractivity contribution in [3.05, 3.63) is 12.7 Å². The zero-order valence-corrected chi connectivity index (χ0v) is 11.5. The summed E-state index contributed by atoms with van der Waals surface area (Å²) in [6.07, 6.45) is 0.735. The van der Waals surface area contributed by atoms with Crippen LogP contribution in [0.3, 0.4) is 0 Å². The summed E-state index contributed by atoms with van der Waals surface area (Å²) in [4.78, 5) is 10.5. The van der Waals surface area contributed by atoms with Crippen molar-refractivity contribution in [1.82, 2.24) is 0 Å². The van der Waals surface area contributed by atoms with Gasteiger partial charge in [0.15, 0.2) is 5.44 Å². The van der Waals surface area contributed by atoms with Gasteiger partial charge in [0, 0.05) is 6.08 Å². The first-order valence-electron chi connectivity index (χ1n) is 3.19. The van der Waals surface area contributed by atoms with Gasteiger partial charge >= 0.3 is 57.4 Å². The smallest absolute Gasteiger partial charge is 0.745 e. The van der Waals surface area contributed by atoms with Crippen LogP contribution >= 0.6 is 0 Å². The molecular weight excluding hydrogens is 223 g/mol. The Bertz CT molecular complexity index is 271. The summed E-state index contributed by atoms with van der Waals surface area (Å²) in [5, 5.41) is 0. The average molecular weight is 232 g/mol. The predicted octanol–water partition coefficient (Wildman–Crippen LogP) is -3.00. The maximum absolute atomic E-state index is 10.5. The summed E-state index contributed by atoms with van der Waals surface area (Å²) in [5.41, 5.74) is -1.61. The van der Waals surface area contributed by atoms with Crippen LogP contribution in [0.5, 0.6) is 0 Å². The van der Waals surface area contributed by atoms with Crippen LogP contribution in [-0.2, 0) is 19.6 Å². The standard InChI is InChI=1S/C6H10O5S.K/c1-3-5(7)11-6(4-2)12(8,9)10;/h3,6H,1,4H2,2H3,(H,8,9,10);/q;+1/p-1. The van der Waals surface area contributed by atoms with Gasteiger partial charge in [-0.2, -0.15) is 0 Å². The molecule has 1 atom stereocenters. The first-order chi connectivity index (χ1) is 5.41. The van der Waals surface area contributed by atoms with E-state index in [9.17, 15) is 17.8 Å². The molecule has 0 heterocycles. The van der Waals surface area contributed by atoms with Gasteiger partial charge in [0.2, 0.25) is 0 Å². The summed E-state index contributed by atoms with van der Waals surface area (Å²) in [6.45, 7) is 4.49. The molecule has 0 bridgehead atoms. The molecule has 0 fully saturated rings. The fraction of sp³-hybridized carbons (Fsp3) is 0.500. The first kappa shape index (κ1) is 16.2. The molecule has 0 aliphatic carbocycles. The van der Waals surface area contributed by atoms with Crippen LogP contribution in [0.25, 0.3) is 0 Å². The SMILES string of the molecule is C=CC(=O)OC(CC)S(=O)(=O)[O-].[K+]. The molecule has 1 unspecified atom stereocenters. The number of esters is 1. The Morgan fingerprint density at radius 2 is 2.15 bits per heavy atom. The molecule has 0 saturated carbocycles. The molecule has 0 aromatic carbocycles. The third-order valence-corrected chi connectivity index (χ3v) is 2.14. The molecule has 0 aromatic heterocycles. The van der Waals surface area contributed by atoms with E-state index in [2.05, 4.69) is 11.3 Å². The zero-order valence-electron chi connectivity index (χ0n) is 7.52. The van der Waals surface area contributed by atoms with E-state index in [1.54, 1.807) is 0 Å². The van der Waals surface area contributed by atoms with Crippen LogP contribution in [0.2, 0.25) is 0 Å². The third kappa shape index (κ3) is 6.78. The Balaban J connectivity index is 0. The molecular formula is C6H9KO5S. The van der Waals surface area contributed by atoms with Gasteiger partial charge in [-0.1, -0.05) is 13.5 Å². The third-order valence-electron chi connectivity index (χ3n) is 1.07. The Labute approximate surface area is 120 Å². The van der Waals surface area contributed by atoms with Gasteiger partial charge in [0.25, 0.3) is 0 Å². The normalized spacial score (nSPS) is 12.5. The molecule has 0 aliphatic rings. The monoisotopic (exact) mass is 232 g/mol. The second-order valence-corrected chi connectivity index (χ2v) is 3.48. The maximum atomic E-state index is 10.5. The summed E-state index contributed by atoms with van der Waals surface area (Å²) in [6, 6.07) is 0. The van der Waals surface area contributed by atoms with Gasteiger partial charge in [-0.25, -0.2) is 13.2 Å². The quantitative estimate of drug-likeness (QED) is 0.223. The van der Waals surface area contributed by atoms with Gasteiger partial charge < -0.3 is 9.29 Å². The second-order valence-electron chi connectivity index (χ2n) is 1.97. The molecule has 0 rings (SSSR count). The number of carbonyl (C=O) groups is 1. The summed E-state index contributed by atoms with van der Waals surface area (Å²) in [5.74, 6) is -0.915. The van der Waals surface area contributed by atoms with Crippen LogP contribution in [0, 0.1) is 0 Å². The molecule has 0 spiro atoms. The van der Waals surface area contributed by atoms with Crippen LogP contribution in [0.1, 0.15) is 13.3 Å². The minimum atomic E-state index is -4.56. The average Bonchev–Trinajstić information content (AvgIpc) is 1.97. The van der Waals surface area contributed by atoms with Crippen LogP contribution < -0.4 is 51.4 Å². The number of carbonyl (C=O) groups excluding carboxylic acids is 1. The minimum absolute atomic E-state index is 0. The van der Waals surface area contributed by atoms with Gasteiger partial charge in [0.1, 0.15) is 10.1 Å². The largest absolute Gasteiger partial charge is 1.00 e. The minimum Gasteiger partial charge on any atom is -0.745 e. The molecule has 0 aliphatic heterocycles. The number of rotatable bonds is 4. The fourth-order valence-electron chi connectivity index (χ4n) is 0.524. The predicted molar refractivity (Wildman–Crippen MR) is 40.1 cm³/mol. The molecule has 0 N–H and O–H groups in total. The molecule has 0 saturated heterocycles. The van der Waals surface area contributed by atoms with Crippen molar-refractivity contribution < 1.29 is 73.9 Å². The molecule has 0 radical (unpaired) electrons. The Hall–Kier alpha value is 0.756. The van der Waals surface area contributed by atoms with Gasteiger partial charge in [-0.3, -0.25) is 0 Å². The van der Waals surface area contributed by atoms with Crippen molar-refractivity contribution >= 4 is 16.1 Å². The van der Waals surface area contributed by atoms with E-state index in [-0.39, 0.29) is 57.8 Å². The van der Waals surface area contributed by atoms with Gasteiger partial charge in [-0.15, -0.1) is 0 Å². The molecule has 0 amide bonds. The zero-order chi connectivity index (χ0) is 9.78. The Morgan fingerprint density at radius 3 is 2.38 bits per heavy atom. The van der Waals surface area contributed by atoms with Crippen LogP contribution in [0.15, 0.2) is 12.7 Å². The maximum Gasteiger partial charge on any atom is 1.00 e. The summed E-state index contributed by atoms with van der Waals surface area (Å²) < 4.78 is 35.3. The topological polar surface area (TPSA) is 83.5 Å². The summed E-state index contributed by atoms with van der Waals surface area (Å²) >= 11 is 0. The summed E-state index contributed by atoms with van der Waals surface area (Å²) in [7, 11) is -4.56. The first-order valence-corrected chi connectivity index (χ1v) is 4.66. The van der Waals surface area contributed by atoms with E-state index in [0.29, 0.717) is 0 Å².